The van der Waals surface area contributed by atoms with Gasteiger partial charge in [0.05, 0.1) is 0 Å². The third-order valence-electron chi connectivity index (χ3n) is 12.0. The Morgan fingerprint density at radius 1 is 0.322 bits per heavy atom. The lowest BCUT2D eigenvalue weighted by Crippen LogP contribution is -2.30. The van der Waals surface area contributed by atoms with Gasteiger partial charge in [0.25, 0.3) is 0 Å². The maximum Gasteiger partial charge on any atom is 0.306 e. The molecule has 0 saturated carbocycles. The first-order valence-electron chi connectivity index (χ1n) is 26.2. The Balaban J connectivity index is 4.23. The average molecular weight is 835 g/mol. The molecule has 350 valence electrons. The fraction of sp³-hybridized carbons (Fsp3) is 0.943. The molecule has 0 unspecified atom stereocenters. The van der Waals surface area contributed by atoms with Crippen LogP contribution in [0.5, 0.6) is 0 Å². The van der Waals surface area contributed by atoms with Crippen molar-refractivity contribution in [1.29, 1.82) is 0 Å². The van der Waals surface area contributed by atoms with Crippen molar-refractivity contribution in [3.8, 4) is 0 Å². The Morgan fingerprint density at radius 3 is 0.831 bits per heavy atom. The van der Waals surface area contributed by atoms with Gasteiger partial charge in [-0.25, -0.2) is 0 Å². The molecule has 1 atom stereocenters. The van der Waals surface area contributed by atoms with E-state index in [2.05, 4.69) is 34.6 Å². The van der Waals surface area contributed by atoms with Crippen LogP contribution in [0.1, 0.15) is 291 Å². The molecule has 6 nitrogen and oxygen atoms in total. The van der Waals surface area contributed by atoms with Crippen LogP contribution in [0.4, 0.5) is 0 Å². The van der Waals surface area contributed by atoms with E-state index in [9.17, 15) is 14.4 Å². The van der Waals surface area contributed by atoms with E-state index in [0.717, 1.165) is 69.6 Å². The lowest BCUT2D eigenvalue weighted by atomic mass is 10.0. The van der Waals surface area contributed by atoms with Crippen molar-refractivity contribution < 1.29 is 28.6 Å². The zero-order valence-electron chi connectivity index (χ0n) is 40.4. The molecule has 0 aliphatic heterocycles. The summed E-state index contributed by atoms with van der Waals surface area (Å²) in [4.78, 5) is 37.9. The van der Waals surface area contributed by atoms with Gasteiger partial charge in [0, 0.05) is 19.3 Å². The van der Waals surface area contributed by atoms with E-state index in [1.54, 1.807) is 0 Å². The summed E-state index contributed by atoms with van der Waals surface area (Å²) < 4.78 is 16.8. The molecule has 0 amide bonds. The van der Waals surface area contributed by atoms with Gasteiger partial charge < -0.3 is 14.2 Å². The minimum absolute atomic E-state index is 0.0645. The fourth-order valence-corrected chi connectivity index (χ4v) is 7.99. The van der Waals surface area contributed by atoms with Gasteiger partial charge in [-0.05, 0) is 31.1 Å². The number of carbonyl (C=O) groups excluding carboxylic acids is 3. The maximum atomic E-state index is 12.7. The van der Waals surface area contributed by atoms with Gasteiger partial charge in [0.2, 0.25) is 0 Å². The van der Waals surface area contributed by atoms with Crippen LogP contribution in [0.2, 0.25) is 0 Å². The predicted molar refractivity (Wildman–Crippen MR) is 252 cm³/mol. The summed E-state index contributed by atoms with van der Waals surface area (Å²) in [5, 5.41) is 0. The number of esters is 3. The molecule has 0 fully saturated rings. The molecule has 0 N–H and O–H groups in total. The summed E-state index contributed by atoms with van der Waals surface area (Å²) in [6.45, 7) is 11.3. The second-order valence-corrected chi connectivity index (χ2v) is 19.1. The molecule has 0 aromatic heterocycles. The molecule has 0 rings (SSSR count). The SMILES string of the molecule is CCCCCCCCCCCCCCCCCCCCCC(=O)OC[C@H](COC(=O)CCCCCCCCCCC(C)C)OC(=O)CCCCCCCCCCC(C)C. The summed E-state index contributed by atoms with van der Waals surface area (Å²) >= 11 is 0. The summed E-state index contributed by atoms with van der Waals surface area (Å²) in [5.74, 6) is 0.737. The molecule has 0 aromatic carbocycles. The van der Waals surface area contributed by atoms with Crippen molar-refractivity contribution >= 4 is 17.9 Å². The standard InChI is InChI=1S/C53H102O6/c1-6-7-8-9-10-11-12-13-14-15-16-17-18-19-20-21-28-33-38-43-51(54)57-46-50(59-53(56)45-40-35-30-25-23-27-32-37-42-49(4)5)47-58-52(55)44-39-34-29-24-22-26-31-36-41-48(2)3/h48-50H,6-47H2,1-5H3/t50-/m1/s1. The highest BCUT2D eigenvalue weighted by molar-refractivity contribution is 5.71. The van der Waals surface area contributed by atoms with Crippen molar-refractivity contribution in [1.82, 2.24) is 0 Å². The van der Waals surface area contributed by atoms with Crippen LogP contribution in [0, 0.1) is 11.8 Å². The van der Waals surface area contributed by atoms with Crippen molar-refractivity contribution in [3.63, 3.8) is 0 Å². The highest BCUT2D eigenvalue weighted by atomic mass is 16.6. The van der Waals surface area contributed by atoms with Crippen LogP contribution < -0.4 is 0 Å². The molecule has 59 heavy (non-hydrogen) atoms. The van der Waals surface area contributed by atoms with Gasteiger partial charge in [-0.15, -0.1) is 0 Å². The molecular formula is C53H102O6. The molecular weight excluding hydrogens is 733 g/mol. The molecule has 0 bridgehead atoms. The first-order chi connectivity index (χ1) is 28.7. The quantitative estimate of drug-likeness (QED) is 0.0345. The number of rotatable bonds is 47. The number of hydrogen-bond donors (Lipinski definition) is 0. The van der Waals surface area contributed by atoms with Crippen LogP contribution in [-0.2, 0) is 28.6 Å². The van der Waals surface area contributed by atoms with Crippen LogP contribution in [0.3, 0.4) is 0 Å². The van der Waals surface area contributed by atoms with E-state index in [-0.39, 0.29) is 31.1 Å². The van der Waals surface area contributed by atoms with Crippen molar-refractivity contribution in [2.45, 2.75) is 298 Å². The molecule has 0 aliphatic rings. The van der Waals surface area contributed by atoms with E-state index in [0.29, 0.717) is 19.3 Å². The molecule has 0 aromatic rings. The zero-order valence-corrected chi connectivity index (χ0v) is 40.4. The van der Waals surface area contributed by atoms with E-state index < -0.39 is 6.10 Å². The van der Waals surface area contributed by atoms with E-state index in [1.807, 2.05) is 0 Å². The van der Waals surface area contributed by atoms with E-state index in [1.165, 1.54) is 180 Å². The normalized spacial score (nSPS) is 12.1. The Bertz CT molecular complexity index is 900. The van der Waals surface area contributed by atoms with E-state index in [4.69, 9.17) is 14.2 Å². The minimum atomic E-state index is -0.762. The van der Waals surface area contributed by atoms with Crippen molar-refractivity contribution in [2.24, 2.45) is 11.8 Å². The minimum Gasteiger partial charge on any atom is -0.462 e. The van der Waals surface area contributed by atoms with Crippen LogP contribution >= 0.6 is 0 Å². The summed E-state index contributed by atoms with van der Waals surface area (Å²) in [7, 11) is 0. The van der Waals surface area contributed by atoms with Gasteiger partial charge in [0.1, 0.15) is 13.2 Å². The second kappa shape index (κ2) is 45.9. The zero-order chi connectivity index (χ0) is 43.3. The number of hydrogen-bond acceptors (Lipinski definition) is 6. The molecule has 0 heterocycles. The van der Waals surface area contributed by atoms with Crippen molar-refractivity contribution in [3.05, 3.63) is 0 Å². The predicted octanol–water partition coefficient (Wildman–Crippen LogP) is 16.9. The summed E-state index contributed by atoms with van der Waals surface area (Å²) in [6.07, 6.45) is 46.8. The maximum absolute atomic E-state index is 12.7. The lowest BCUT2D eigenvalue weighted by molar-refractivity contribution is -0.167. The lowest BCUT2D eigenvalue weighted by Gasteiger charge is -2.18. The molecule has 0 spiro atoms. The van der Waals surface area contributed by atoms with Crippen LogP contribution in [0.25, 0.3) is 0 Å². The van der Waals surface area contributed by atoms with E-state index >= 15 is 0 Å². The summed E-state index contributed by atoms with van der Waals surface area (Å²) in [5.41, 5.74) is 0. The molecule has 0 aliphatic carbocycles. The topological polar surface area (TPSA) is 78.9 Å². The molecule has 0 radical (unpaired) electrons. The number of ether oxygens (including phenoxy) is 3. The molecule has 6 heteroatoms. The Labute approximate surface area is 368 Å². The summed E-state index contributed by atoms with van der Waals surface area (Å²) in [6, 6.07) is 0. The van der Waals surface area contributed by atoms with Crippen LogP contribution in [-0.4, -0.2) is 37.2 Å². The highest BCUT2D eigenvalue weighted by Crippen LogP contribution is 2.17. The van der Waals surface area contributed by atoms with Gasteiger partial charge in [-0.3, -0.25) is 14.4 Å². The third-order valence-corrected chi connectivity index (χ3v) is 12.0. The van der Waals surface area contributed by atoms with Gasteiger partial charge in [-0.2, -0.15) is 0 Å². The monoisotopic (exact) mass is 835 g/mol. The van der Waals surface area contributed by atoms with Crippen LogP contribution in [0.15, 0.2) is 0 Å². The van der Waals surface area contributed by atoms with Gasteiger partial charge in [-0.1, -0.05) is 253 Å². The van der Waals surface area contributed by atoms with Gasteiger partial charge in [0.15, 0.2) is 6.10 Å². The Hall–Kier alpha value is -1.59. The van der Waals surface area contributed by atoms with Gasteiger partial charge >= 0.3 is 17.9 Å². The smallest absolute Gasteiger partial charge is 0.306 e. The third kappa shape index (κ3) is 47.3. The Kier molecular flexibility index (Phi) is 44.7. The highest BCUT2D eigenvalue weighted by Gasteiger charge is 2.19. The molecule has 0 saturated heterocycles. The largest absolute Gasteiger partial charge is 0.462 e. The number of carbonyl (C=O) groups is 3. The Morgan fingerprint density at radius 2 is 0.559 bits per heavy atom. The average Bonchev–Trinajstić information content (AvgIpc) is 3.20. The number of unbranched alkanes of at least 4 members (excludes halogenated alkanes) is 32. The van der Waals surface area contributed by atoms with Crippen molar-refractivity contribution in [2.75, 3.05) is 13.2 Å². The fourth-order valence-electron chi connectivity index (χ4n) is 7.99. The first kappa shape index (κ1) is 57.4. The second-order valence-electron chi connectivity index (χ2n) is 19.1. The first-order valence-corrected chi connectivity index (χ1v) is 26.2.